The molecule has 4 bridgehead atoms. The maximum absolute atomic E-state index is 15.1. The smallest absolute Gasteiger partial charge is 0.303 e. The van der Waals surface area contributed by atoms with Gasteiger partial charge in [-0.25, -0.2) is 0 Å². The first-order chi connectivity index (χ1) is 44.3. The number of carbonyl (C=O) groups is 13. The number of benzene rings is 2. The number of phenolic OH excluding ortho intramolecular Hbond substituents is 1. The average molecular weight is 1330 g/mol. The summed E-state index contributed by atoms with van der Waals surface area (Å²) in [5.41, 5.74) is 19.6. The largest absolute Gasteiger partial charge is 0.508 e. The van der Waals surface area contributed by atoms with E-state index < -0.39 is 150 Å². The number of rotatable bonds is 26. The minimum atomic E-state index is -1.54. The molecule has 4 unspecified atom stereocenters. The number of hydrogen-bond donors (Lipinski definition) is 9. The van der Waals surface area contributed by atoms with Gasteiger partial charge in [-0.15, -0.1) is 0 Å². The molecular weight excluding hydrogens is 1230 g/mol. The Labute approximate surface area is 552 Å². The minimum Gasteiger partial charge on any atom is -0.508 e. The van der Waals surface area contributed by atoms with E-state index in [4.69, 9.17) is 17.2 Å². The zero-order valence-corrected chi connectivity index (χ0v) is 55.6. The van der Waals surface area contributed by atoms with Crippen LogP contribution in [-0.4, -0.2) is 164 Å². The van der Waals surface area contributed by atoms with Crippen LogP contribution in [0.2, 0.25) is 0 Å². The van der Waals surface area contributed by atoms with Gasteiger partial charge >= 0.3 is 5.97 Å². The summed E-state index contributed by atoms with van der Waals surface area (Å²) in [6.45, 7) is 7.80. The number of likely N-dealkylation sites (tertiary alicyclic amines) is 2. The van der Waals surface area contributed by atoms with Gasteiger partial charge in [-0.2, -0.15) is 23.5 Å². The van der Waals surface area contributed by atoms with Gasteiger partial charge in [0.1, 0.15) is 17.8 Å². The number of primary amides is 2. The van der Waals surface area contributed by atoms with E-state index in [9.17, 15) is 67.7 Å². The number of nitrogens with zero attached hydrogens (tertiary/aromatic N) is 2. The summed E-state index contributed by atoms with van der Waals surface area (Å²) in [5.74, 6) is -13.0. The van der Waals surface area contributed by atoms with E-state index in [1.54, 1.807) is 12.1 Å². The fraction of sp³-hybridized carbons (Fsp3) is 0.627. The summed E-state index contributed by atoms with van der Waals surface area (Å²) in [7, 11) is 0. The van der Waals surface area contributed by atoms with Crippen molar-refractivity contribution in [2.24, 2.45) is 58.6 Å². The second-order valence-electron chi connectivity index (χ2n) is 25.8. The number of phenols is 1. The molecule has 0 aromatic heterocycles. The number of Topliss-reactive ketones (excluding diaryl/α,β-unsaturated/α-hetero) is 4. The molecule has 510 valence electrons. The lowest BCUT2D eigenvalue weighted by Gasteiger charge is -2.36. The van der Waals surface area contributed by atoms with Crippen molar-refractivity contribution < 1.29 is 72.5 Å². The van der Waals surface area contributed by atoms with Crippen molar-refractivity contribution in [1.29, 1.82) is 0 Å². The Bertz CT molecular complexity index is 3010. The van der Waals surface area contributed by atoms with E-state index in [0.717, 1.165) is 11.1 Å². The van der Waals surface area contributed by atoms with Gasteiger partial charge in [0.15, 0.2) is 23.1 Å². The summed E-state index contributed by atoms with van der Waals surface area (Å²) in [6.07, 6.45) is 0.714. The van der Waals surface area contributed by atoms with Crippen LogP contribution in [0.25, 0.3) is 0 Å². The Kier molecular flexibility index (Phi) is 29.3. The Balaban J connectivity index is 1.29. The normalized spacial score (nSPS) is 24.8. The Morgan fingerprint density at radius 3 is 2.02 bits per heavy atom. The standard InChI is InChI=1S/C67H95N9O15S2/c1-5-39(3)60(71-40(4)77)67(91)76-27-9-12-54(76)66(90)75-26-8-11-53(75)57(81)32-44(10-6-7-25-68)63(87)73-51(30-41-17-20-47(78)21-18-41)56(80)33-46-36-92-34-42-13-15-43(16-14-42)35-93-37-49(62(70)86)48-28-38(2)29-52(61(48)85)74-64(88)45(19-23-58(69)82)31-55(79)50(72-65(46)89)22-24-59(83)84/h13-18,20-21,38-39,44-46,48-54,60,78H,5-12,19,22-37,68H2,1-4H3,(H2,69,82)(H2,70,86)(H,71,77)(H,72,89)(H,73,87)(H,74,88)(H,83,84)/t38?,39-,44+,45+,46-,48?,49+,50-,51-,52?,53-,54-,60?/m0/s1. The van der Waals surface area contributed by atoms with Crippen molar-refractivity contribution in [3.63, 3.8) is 0 Å². The molecule has 1 aliphatic carbocycles. The second-order valence-corrected chi connectivity index (χ2v) is 27.8. The molecule has 2 aromatic carbocycles. The highest BCUT2D eigenvalue weighted by Crippen LogP contribution is 2.35. The van der Waals surface area contributed by atoms with Crippen LogP contribution in [0.3, 0.4) is 0 Å². The molecule has 0 radical (unpaired) electrons. The monoisotopic (exact) mass is 1330 g/mol. The molecule has 3 fully saturated rings. The number of ketones is 4. The van der Waals surface area contributed by atoms with Crippen LogP contribution in [0.5, 0.6) is 5.75 Å². The fourth-order valence-corrected chi connectivity index (χ4v) is 15.3. The summed E-state index contributed by atoms with van der Waals surface area (Å²) < 4.78 is 0. The lowest BCUT2D eigenvalue weighted by Crippen LogP contribution is -2.56. The van der Waals surface area contributed by atoms with E-state index in [1.165, 1.54) is 52.4 Å². The number of carbonyl (C=O) groups excluding carboxylic acids is 12. The number of fused-ring (bicyclic) bond motifs is 16. The highest BCUT2D eigenvalue weighted by Gasteiger charge is 2.46. The number of aliphatic carboxylic acids is 1. The van der Waals surface area contributed by atoms with Gasteiger partial charge < -0.3 is 58.5 Å². The maximum atomic E-state index is 15.1. The third kappa shape index (κ3) is 22.2. The number of carboxylic acids is 1. The Morgan fingerprint density at radius 2 is 1.41 bits per heavy atom. The number of nitrogens with one attached hydrogen (secondary N) is 4. The second kappa shape index (κ2) is 36.5. The zero-order chi connectivity index (χ0) is 68.1. The van der Waals surface area contributed by atoms with E-state index >= 15 is 4.79 Å². The molecule has 12 N–H and O–H groups in total. The van der Waals surface area contributed by atoms with E-state index in [0.29, 0.717) is 75.0 Å². The van der Waals surface area contributed by atoms with Crippen molar-refractivity contribution >= 4 is 99.9 Å². The zero-order valence-electron chi connectivity index (χ0n) is 53.9. The van der Waals surface area contributed by atoms with Crippen LogP contribution in [0.4, 0.5) is 0 Å². The number of carboxylic acid groups (broad SMARTS) is 1. The molecule has 2 saturated heterocycles. The van der Waals surface area contributed by atoms with E-state index in [2.05, 4.69) is 21.3 Å². The van der Waals surface area contributed by atoms with Crippen molar-refractivity contribution in [1.82, 2.24) is 31.1 Å². The topological polar surface area (TPSA) is 395 Å². The molecule has 7 rings (SSSR count). The Morgan fingerprint density at radius 1 is 0.774 bits per heavy atom. The molecule has 8 amide bonds. The third-order valence-corrected chi connectivity index (χ3v) is 20.9. The van der Waals surface area contributed by atoms with Crippen molar-refractivity contribution in [2.45, 2.75) is 191 Å². The van der Waals surface area contributed by atoms with E-state index in [-0.39, 0.29) is 98.3 Å². The quantitative estimate of drug-likeness (QED) is 0.0605. The van der Waals surface area contributed by atoms with Gasteiger partial charge in [0.05, 0.1) is 36.0 Å². The number of aromatic hydroxyl groups is 1. The first kappa shape index (κ1) is 74.8. The van der Waals surface area contributed by atoms with Gasteiger partial charge in [0.2, 0.25) is 47.3 Å². The summed E-state index contributed by atoms with van der Waals surface area (Å²) in [4.78, 5) is 184. The molecule has 24 nitrogen and oxygen atoms in total. The predicted octanol–water partition coefficient (Wildman–Crippen LogP) is 3.80. The fourth-order valence-electron chi connectivity index (χ4n) is 13.0. The third-order valence-electron chi connectivity index (χ3n) is 18.5. The van der Waals surface area contributed by atoms with Crippen molar-refractivity contribution in [3.05, 3.63) is 65.2 Å². The van der Waals surface area contributed by atoms with Crippen molar-refractivity contribution in [3.8, 4) is 5.75 Å². The molecule has 26 heteroatoms. The van der Waals surface area contributed by atoms with Crippen LogP contribution in [-0.2, 0) is 80.3 Å². The van der Waals surface area contributed by atoms with Crippen LogP contribution < -0.4 is 38.5 Å². The molecule has 13 atom stereocenters. The molecule has 4 heterocycles. The highest BCUT2D eigenvalue weighted by atomic mass is 32.2. The predicted molar refractivity (Wildman–Crippen MR) is 350 cm³/mol. The number of nitrogens with two attached hydrogens (primary N) is 3. The number of amides is 8. The van der Waals surface area contributed by atoms with Gasteiger partial charge in [-0.3, -0.25) is 62.3 Å². The van der Waals surface area contributed by atoms with Crippen LogP contribution in [0.1, 0.15) is 154 Å². The molecule has 93 heavy (non-hydrogen) atoms. The molecular formula is C67H95N9O15S2. The van der Waals surface area contributed by atoms with Gasteiger partial charge in [-0.05, 0) is 118 Å². The SMILES string of the molecule is CC[C@H](C)C(NC(C)=O)C(=O)N1CCC[C@H]1C(=O)N1CCC[C@H]1C(=O)C[C@@H](CCCCN)C(=O)N[C@@H](Cc1ccc(O)cc1)C(=O)C[C@H]1CSCc2ccc(cc2)CSC[C@@H](C(N)=O)C2CC(C)CC(NC(=O)[C@H](CCC(N)=O)CC(=O)[C@H](CCC(=O)O)NC1=O)C2=O. The first-order valence-electron chi connectivity index (χ1n) is 32.7. The lowest BCUT2D eigenvalue weighted by atomic mass is 9.72. The number of hydrogen-bond acceptors (Lipinski definition) is 17. The maximum Gasteiger partial charge on any atom is 0.303 e. The summed E-state index contributed by atoms with van der Waals surface area (Å²) in [5, 5.41) is 31.3. The number of thioether (sulfide) groups is 2. The van der Waals surface area contributed by atoms with Crippen LogP contribution in [0.15, 0.2) is 48.5 Å². The minimum absolute atomic E-state index is 0.0323. The molecule has 1 saturated carbocycles. The van der Waals surface area contributed by atoms with Gasteiger partial charge in [0.25, 0.3) is 0 Å². The van der Waals surface area contributed by atoms with Crippen molar-refractivity contribution in [2.75, 3.05) is 31.1 Å². The molecule has 0 spiro atoms. The van der Waals surface area contributed by atoms with Gasteiger partial charge in [-0.1, -0.05) is 70.0 Å². The van der Waals surface area contributed by atoms with Crippen LogP contribution >= 0.6 is 23.5 Å². The summed E-state index contributed by atoms with van der Waals surface area (Å²) >= 11 is 2.72. The Hall–Kier alpha value is -7.19. The summed E-state index contributed by atoms with van der Waals surface area (Å²) in [6, 6.07) is 6.97. The highest BCUT2D eigenvalue weighted by molar-refractivity contribution is 7.98. The number of unbranched alkanes of at least 4 members (excludes halogenated alkanes) is 1. The first-order valence-corrected chi connectivity index (χ1v) is 35.0. The molecule has 2 aromatic rings. The van der Waals surface area contributed by atoms with Gasteiger partial charge in [0, 0.05) is 92.9 Å². The lowest BCUT2D eigenvalue weighted by molar-refractivity contribution is -0.148. The van der Waals surface area contributed by atoms with Crippen LogP contribution in [0, 0.1) is 41.4 Å². The van der Waals surface area contributed by atoms with E-state index in [1.807, 2.05) is 45.0 Å². The molecule has 5 aliphatic rings. The average Bonchev–Trinajstić information content (AvgIpc) is 1.78. The molecule has 4 aliphatic heterocycles.